The van der Waals surface area contributed by atoms with Crippen LogP contribution in [0.4, 0.5) is 5.69 Å². The number of hydrogen-bond donors (Lipinski definition) is 1. The van der Waals surface area contributed by atoms with E-state index in [2.05, 4.69) is 10.2 Å². The second kappa shape index (κ2) is 8.66. The average Bonchev–Trinajstić information content (AvgIpc) is 2.78. The van der Waals surface area contributed by atoms with E-state index in [9.17, 15) is 9.59 Å². The molecule has 0 spiro atoms. The molecule has 0 radical (unpaired) electrons. The van der Waals surface area contributed by atoms with Gasteiger partial charge in [0.25, 0.3) is 0 Å². The number of anilines is 1. The molecule has 152 valence electrons. The maximum atomic E-state index is 12.7. The van der Waals surface area contributed by atoms with E-state index >= 15 is 0 Å². The summed E-state index contributed by atoms with van der Waals surface area (Å²) in [7, 11) is 0. The fourth-order valence-electron chi connectivity index (χ4n) is 3.92. The van der Waals surface area contributed by atoms with Gasteiger partial charge in [-0.2, -0.15) is 0 Å². The monoisotopic (exact) mass is 394 g/mol. The van der Waals surface area contributed by atoms with Gasteiger partial charge in [-0.05, 0) is 45.0 Å². The van der Waals surface area contributed by atoms with Crippen LogP contribution in [0.3, 0.4) is 0 Å². The number of carbonyl (C=O) groups excluding carboxylic acids is 2. The van der Waals surface area contributed by atoms with Crippen LogP contribution in [0.25, 0.3) is 0 Å². The molecule has 2 aromatic carbocycles. The van der Waals surface area contributed by atoms with Gasteiger partial charge in [-0.3, -0.25) is 14.5 Å². The maximum absolute atomic E-state index is 12.7. The SMILES string of the molecule is C[C@@H](C(=O)Nc1ccc2c(c1)OCCO2)N1CCC(C(=O)c2ccccc2)CC1. The van der Waals surface area contributed by atoms with E-state index in [1.54, 1.807) is 6.07 Å². The van der Waals surface area contributed by atoms with E-state index in [-0.39, 0.29) is 23.7 Å². The van der Waals surface area contributed by atoms with Gasteiger partial charge in [0.1, 0.15) is 13.2 Å². The lowest BCUT2D eigenvalue weighted by Crippen LogP contribution is -2.47. The summed E-state index contributed by atoms with van der Waals surface area (Å²) in [4.78, 5) is 27.5. The molecule has 1 atom stereocenters. The molecule has 1 saturated heterocycles. The number of benzene rings is 2. The molecule has 2 aromatic rings. The Morgan fingerprint density at radius 1 is 1.00 bits per heavy atom. The minimum Gasteiger partial charge on any atom is -0.486 e. The van der Waals surface area contributed by atoms with Crippen molar-refractivity contribution in [1.82, 2.24) is 4.90 Å². The van der Waals surface area contributed by atoms with E-state index in [1.807, 2.05) is 49.4 Å². The first kappa shape index (κ1) is 19.5. The van der Waals surface area contributed by atoms with Gasteiger partial charge < -0.3 is 14.8 Å². The molecule has 6 heteroatoms. The van der Waals surface area contributed by atoms with Crippen LogP contribution in [0.15, 0.2) is 48.5 Å². The molecule has 6 nitrogen and oxygen atoms in total. The molecule has 0 bridgehead atoms. The Morgan fingerprint density at radius 2 is 1.69 bits per heavy atom. The number of nitrogens with zero attached hydrogens (tertiary/aromatic N) is 1. The van der Waals surface area contributed by atoms with Crippen molar-refractivity contribution in [2.75, 3.05) is 31.6 Å². The predicted molar refractivity (Wildman–Crippen MR) is 111 cm³/mol. The maximum Gasteiger partial charge on any atom is 0.241 e. The minimum absolute atomic E-state index is 0.0294. The summed E-state index contributed by atoms with van der Waals surface area (Å²) in [6.45, 7) is 4.43. The Labute approximate surface area is 170 Å². The lowest BCUT2D eigenvalue weighted by atomic mass is 9.88. The number of fused-ring (bicyclic) bond motifs is 1. The molecule has 1 amide bonds. The molecule has 1 N–H and O–H groups in total. The fourth-order valence-corrected chi connectivity index (χ4v) is 3.92. The van der Waals surface area contributed by atoms with Gasteiger partial charge >= 0.3 is 0 Å². The van der Waals surface area contributed by atoms with Crippen LogP contribution in [0.1, 0.15) is 30.1 Å². The largest absolute Gasteiger partial charge is 0.486 e. The summed E-state index contributed by atoms with van der Waals surface area (Å²) in [5.74, 6) is 1.53. The number of ketones is 1. The molecule has 0 aromatic heterocycles. The summed E-state index contributed by atoms with van der Waals surface area (Å²) in [5.41, 5.74) is 1.47. The molecule has 2 heterocycles. The third-order valence-corrected chi connectivity index (χ3v) is 5.70. The first-order chi connectivity index (χ1) is 14.1. The van der Waals surface area contributed by atoms with Gasteiger partial charge in [-0.1, -0.05) is 30.3 Å². The zero-order valence-corrected chi connectivity index (χ0v) is 16.6. The van der Waals surface area contributed by atoms with Crippen molar-refractivity contribution in [3.63, 3.8) is 0 Å². The normalized spacial score (nSPS) is 18.1. The number of piperidine rings is 1. The number of carbonyl (C=O) groups is 2. The van der Waals surface area contributed by atoms with E-state index in [4.69, 9.17) is 9.47 Å². The highest BCUT2D eigenvalue weighted by Gasteiger charge is 2.30. The molecular formula is C23H26N2O4. The number of rotatable bonds is 5. The number of hydrogen-bond acceptors (Lipinski definition) is 5. The van der Waals surface area contributed by atoms with Crippen LogP contribution < -0.4 is 14.8 Å². The van der Waals surface area contributed by atoms with Gasteiger partial charge in [0.05, 0.1) is 6.04 Å². The summed E-state index contributed by atoms with van der Waals surface area (Å²) >= 11 is 0. The van der Waals surface area contributed by atoms with Crippen molar-refractivity contribution in [2.45, 2.75) is 25.8 Å². The Hall–Kier alpha value is -2.86. The van der Waals surface area contributed by atoms with Crippen molar-refractivity contribution < 1.29 is 19.1 Å². The topological polar surface area (TPSA) is 67.9 Å². The highest BCUT2D eigenvalue weighted by molar-refractivity contribution is 5.98. The van der Waals surface area contributed by atoms with Crippen molar-refractivity contribution in [3.8, 4) is 11.5 Å². The van der Waals surface area contributed by atoms with Crippen LogP contribution in [-0.4, -0.2) is 48.9 Å². The van der Waals surface area contributed by atoms with Crippen LogP contribution in [0.5, 0.6) is 11.5 Å². The third kappa shape index (κ3) is 4.43. The Bertz CT molecular complexity index is 876. The van der Waals surface area contributed by atoms with Crippen molar-refractivity contribution in [2.24, 2.45) is 5.92 Å². The molecule has 4 rings (SSSR count). The Balaban J connectivity index is 1.31. The van der Waals surface area contributed by atoms with Crippen LogP contribution >= 0.6 is 0 Å². The van der Waals surface area contributed by atoms with Gasteiger partial charge in [-0.25, -0.2) is 0 Å². The first-order valence-corrected chi connectivity index (χ1v) is 10.2. The van der Waals surface area contributed by atoms with Gasteiger partial charge in [0, 0.05) is 23.2 Å². The van der Waals surface area contributed by atoms with E-state index in [0.29, 0.717) is 30.4 Å². The van der Waals surface area contributed by atoms with Crippen LogP contribution in [-0.2, 0) is 4.79 Å². The Morgan fingerprint density at radius 3 is 2.41 bits per heavy atom. The van der Waals surface area contributed by atoms with Crippen molar-refractivity contribution in [3.05, 3.63) is 54.1 Å². The number of ether oxygens (including phenoxy) is 2. The highest BCUT2D eigenvalue weighted by Crippen LogP contribution is 2.32. The lowest BCUT2D eigenvalue weighted by molar-refractivity contribution is -0.121. The second-order valence-electron chi connectivity index (χ2n) is 7.56. The average molecular weight is 394 g/mol. The van der Waals surface area contributed by atoms with E-state index in [1.165, 1.54) is 0 Å². The molecular weight excluding hydrogens is 368 g/mol. The highest BCUT2D eigenvalue weighted by atomic mass is 16.6. The molecule has 2 aliphatic rings. The quantitative estimate of drug-likeness (QED) is 0.788. The van der Waals surface area contributed by atoms with Gasteiger partial charge in [-0.15, -0.1) is 0 Å². The van der Waals surface area contributed by atoms with Gasteiger partial charge in [0.2, 0.25) is 5.91 Å². The Kier molecular flexibility index (Phi) is 5.81. The summed E-state index contributed by atoms with van der Waals surface area (Å²) in [6.07, 6.45) is 1.55. The van der Waals surface area contributed by atoms with E-state index in [0.717, 1.165) is 31.5 Å². The number of likely N-dealkylation sites (tertiary alicyclic amines) is 1. The predicted octanol–water partition coefficient (Wildman–Crippen LogP) is 3.38. The standard InChI is InChI=1S/C23H26N2O4/c1-16(23(27)24-19-7-8-20-21(15-19)29-14-13-28-20)25-11-9-18(10-12-25)22(26)17-5-3-2-4-6-17/h2-8,15-16,18H,9-14H2,1H3,(H,24,27)/t16-/m0/s1. The van der Waals surface area contributed by atoms with E-state index < -0.39 is 0 Å². The minimum atomic E-state index is -0.268. The number of amides is 1. The molecule has 0 aliphatic carbocycles. The summed E-state index contributed by atoms with van der Waals surface area (Å²) in [6, 6.07) is 14.6. The summed E-state index contributed by atoms with van der Waals surface area (Å²) in [5, 5.41) is 2.97. The third-order valence-electron chi connectivity index (χ3n) is 5.70. The fraction of sp³-hybridized carbons (Fsp3) is 0.391. The summed E-state index contributed by atoms with van der Waals surface area (Å²) < 4.78 is 11.1. The zero-order valence-electron chi connectivity index (χ0n) is 16.6. The molecule has 0 unspecified atom stereocenters. The van der Waals surface area contributed by atoms with Crippen LogP contribution in [0, 0.1) is 5.92 Å². The van der Waals surface area contributed by atoms with Gasteiger partial charge in [0.15, 0.2) is 17.3 Å². The molecule has 2 aliphatic heterocycles. The van der Waals surface area contributed by atoms with Crippen molar-refractivity contribution >= 4 is 17.4 Å². The molecule has 29 heavy (non-hydrogen) atoms. The number of Topliss-reactive ketones (excluding diaryl/α,β-unsaturated/α-hetero) is 1. The second-order valence-corrected chi connectivity index (χ2v) is 7.56. The smallest absolute Gasteiger partial charge is 0.241 e. The van der Waals surface area contributed by atoms with Crippen molar-refractivity contribution in [1.29, 1.82) is 0 Å². The van der Waals surface area contributed by atoms with Crippen LogP contribution in [0.2, 0.25) is 0 Å². The molecule has 0 saturated carbocycles. The first-order valence-electron chi connectivity index (χ1n) is 10.2. The molecule has 1 fully saturated rings. The zero-order chi connectivity index (χ0) is 20.2. The lowest BCUT2D eigenvalue weighted by Gasteiger charge is -2.34. The number of nitrogens with one attached hydrogen (secondary N) is 1.